The van der Waals surface area contributed by atoms with E-state index in [1.165, 1.54) is 11.1 Å². The van der Waals surface area contributed by atoms with Crippen molar-refractivity contribution >= 4 is 0 Å². The van der Waals surface area contributed by atoms with Gasteiger partial charge in [-0.1, -0.05) is 18.2 Å². The number of ether oxygens (including phenoxy) is 1. The van der Waals surface area contributed by atoms with Crippen LogP contribution in [0.1, 0.15) is 30.2 Å². The zero-order valence-electron chi connectivity index (χ0n) is 13.1. The van der Waals surface area contributed by atoms with Crippen LogP contribution in [0.25, 0.3) is 0 Å². The summed E-state index contributed by atoms with van der Waals surface area (Å²) in [5.74, 6) is 0.906. The Labute approximate surface area is 126 Å². The van der Waals surface area contributed by atoms with Gasteiger partial charge >= 0.3 is 0 Å². The van der Waals surface area contributed by atoms with Gasteiger partial charge in [0.05, 0.1) is 12.2 Å². The smallest absolute Gasteiger partial charge is 0.119 e. The van der Waals surface area contributed by atoms with E-state index in [0.717, 1.165) is 31.0 Å². The Kier molecular flexibility index (Phi) is 5.75. The summed E-state index contributed by atoms with van der Waals surface area (Å²) in [5, 5.41) is 11.5. The highest BCUT2D eigenvalue weighted by Gasteiger charge is 2.01. The number of rotatable bonds is 8. The maximum absolute atomic E-state index is 5.75. The van der Waals surface area contributed by atoms with Crippen molar-refractivity contribution in [1.29, 1.82) is 0 Å². The van der Waals surface area contributed by atoms with Crippen LogP contribution in [0.3, 0.4) is 0 Å². The summed E-state index contributed by atoms with van der Waals surface area (Å²) in [6.07, 6.45) is 3.09. The van der Waals surface area contributed by atoms with Gasteiger partial charge in [-0.3, -0.25) is 0 Å². The van der Waals surface area contributed by atoms with Crippen molar-refractivity contribution in [3.05, 3.63) is 41.2 Å². The molecular formula is C16H24N4O. The van der Waals surface area contributed by atoms with E-state index >= 15 is 0 Å². The van der Waals surface area contributed by atoms with Crippen LogP contribution in [0.15, 0.2) is 24.4 Å². The molecule has 0 aliphatic rings. The van der Waals surface area contributed by atoms with Gasteiger partial charge in [-0.2, -0.15) is 0 Å². The zero-order chi connectivity index (χ0) is 15.1. The molecule has 21 heavy (non-hydrogen) atoms. The second-order valence-corrected chi connectivity index (χ2v) is 5.24. The van der Waals surface area contributed by atoms with E-state index < -0.39 is 0 Å². The van der Waals surface area contributed by atoms with E-state index in [1.807, 2.05) is 16.9 Å². The Morgan fingerprint density at radius 2 is 2.10 bits per heavy atom. The van der Waals surface area contributed by atoms with Crippen LogP contribution in [-0.4, -0.2) is 28.1 Å². The summed E-state index contributed by atoms with van der Waals surface area (Å²) in [4.78, 5) is 0. The number of hydrogen-bond acceptors (Lipinski definition) is 4. The first-order chi connectivity index (χ1) is 10.2. The molecule has 1 aromatic heterocycles. The standard InChI is InChI=1S/C16H24N4O/c1-4-7-17-11-15-12-20(19-18-15)8-9-21-16-6-5-13(2)14(3)10-16/h5-6,10,12,17H,4,7-9,11H2,1-3H3. The minimum Gasteiger partial charge on any atom is -0.492 e. The molecule has 5 heteroatoms. The van der Waals surface area contributed by atoms with Crippen LogP contribution in [0.2, 0.25) is 0 Å². The van der Waals surface area contributed by atoms with Gasteiger partial charge in [0.15, 0.2) is 0 Å². The Bertz CT molecular complexity index is 565. The van der Waals surface area contributed by atoms with Crippen molar-refractivity contribution in [1.82, 2.24) is 20.3 Å². The molecule has 0 amide bonds. The molecule has 114 valence electrons. The molecule has 0 radical (unpaired) electrons. The molecule has 0 saturated heterocycles. The molecule has 1 heterocycles. The van der Waals surface area contributed by atoms with E-state index in [9.17, 15) is 0 Å². The Balaban J connectivity index is 1.76. The maximum Gasteiger partial charge on any atom is 0.119 e. The fourth-order valence-corrected chi connectivity index (χ4v) is 1.98. The maximum atomic E-state index is 5.75. The Morgan fingerprint density at radius 3 is 2.86 bits per heavy atom. The molecule has 2 aromatic rings. The van der Waals surface area contributed by atoms with Gasteiger partial charge < -0.3 is 10.1 Å². The number of aromatic nitrogens is 3. The third-order valence-electron chi connectivity index (χ3n) is 3.39. The van der Waals surface area contributed by atoms with Gasteiger partial charge in [-0.05, 0) is 50.1 Å². The molecule has 1 aromatic carbocycles. The van der Waals surface area contributed by atoms with Crippen molar-refractivity contribution in [2.45, 2.75) is 40.3 Å². The van der Waals surface area contributed by atoms with E-state index in [-0.39, 0.29) is 0 Å². The summed E-state index contributed by atoms with van der Waals surface area (Å²) in [6.45, 7) is 9.40. The molecule has 0 unspecified atom stereocenters. The first-order valence-electron chi connectivity index (χ1n) is 7.49. The highest BCUT2D eigenvalue weighted by atomic mass is 16.5. The fourth-order valence-electron chi connectivity index (χ4n) is 1.98. The van der Waals surface area contributed by atoms with Crippen LogP contribution in [0.4, 0.5) is 0 Å². The van der Waals surface area contributed by atoms with Crippen molar-refractivity contribution in [2.75, 3.05) is 13.2 Å². The monoisotopic (exact) mass is 288 g/mol. The van der Waals surface area contributed by atoms with Gasteiger partial charge in [0, 0.05) is 12.7 Å². The minimum absolute atomic E-state index is 0.591. The summed E-state index contributed by atoms with van der Waals surface area (Å²) in [6, 6.07) is 6.15. The summed E-state index contributed by atoms with van der Waals surface area (Å²) in [5.41, 5.74) is 3.50. The molecule has 0 bridgehead atoms. The highest BCUT2D eigenvalue weighted by Crippen LogP contribution is 2.16. The lowest BCUT2D eigenvalue weighted by Crippen LogP contribution is -2.14. The average molecular weight is 288 g/mol. The Hall–Kier alpha value is -1.88. The molecule has 0 fully saturated rings. The first kappa shape index (κ1) is 15.5. The highest BCUT2D eigenvalue weighted by molar-refractivity contribution is 5.33. The number of hydrogen-bond donors (Lipinski definition) is 1. The number of nitrogens with zero attached hydrogens (tertiary/aromatic N) is 3. The third kappa shape index (κ3) is 4.86. The van der Waals surface area contributed by atoms with Gasteiger partial charge in [-0.15, -0.1) is 5.10 Å². The topological polar surface area (TPSA) is 52.0 Å². The van der Waals surface area contributed by atoms with Crippen LogP contribution < -0.4 is 10.1 Å². The second-order valence-electron chi connectivity index (χ2n) is 5.24. The lowest BCUT2D eigenvalue weighted by Gasteiger charge is -2.08. The molecule has 1 N–H and O–H groups in total. The minimum atomic E-state index is 0.591. The molecule has 0 aliphatic heterocycles. The van der Waals surface area contributed by atoms with Gasteiger partial charge in [-0.25, -0.2) is 4.68 Å². The van der Waals surface area contributed by atoms with E-state index in [0.29, 0.717) is 13.2 Å². The summed E-state index contributed by atoms with van der Waals surface area (Å²) in [7, 11) is 0. The van der Waals surface area contributed by atoms with E-state index in [4.69, 9.17) is 4.74 Å². The molecule has 0 aliphatic carbocycles. The number of benzene rings is 1. The lowest BCUT2D eigenvalue weighted by molar-refractivity contribution is 0.289. The normalized spacial score (nSPS) is 10.8. The molecule has 0 saturated carbocycles. The van der Waals surface area contributed by atoms with Crippen molar-refractivity contribution in [2.24, 2.45) is 0 Å². The van der Waals surface area contributed by atoms with Crippen molar-refractivity contribution in [3.8, 4) is 5.75 Å². The Morgan fingerprint density at radius 1 is 1.24 bits per heavy atom. The zero-order valence-corrected chi connectivity index (χ0v) is 13.1. The molecule has 0 atom stereocenters. The van der Waals surface area contributed by atoms with Gasteiger partial charge in [0.1, 0.15) is 12.4 Å². The fraction of sp³-hybridized carbons (Fsp3) is 0.500. The lowest BCUT2D eigenvalue weighted by atomic mass is 10.1. The second kappa shape index (κ2) is 7.78. The predicted octanol–water partition coefficient (Wildman–Crippen LogP) is 2.47. The largest absolute Gasteiger partial charge is 0.492 e. The predicted molar refractivity (Wildman–Crippen MR) is 83.4 cm³/mol. The van der Waals surface area contributed by atoms with Crippen LogP contribution in [0.5, 0.6) is 5.75 Å². The summed E-state index contributed by atoms with van der Waals surface area (Å²) < 4.78 is 7.57. The van der Waals surface area contributed by atoms with Crippen molar-refractivity contribution in [3.63, 3.8) is 0 Å². The van der Waals surface area contributed by atoms with Crippen LogP contribution in [-0.2, 0) is 13.1 Å². The van der Waals surface area contributed by atoms with E-state index in [2.05, 4.69) is 48.5 Å². The third-order valence-corrected chi connectivity index (χ3v) is 3.39. The molecule has 0 spiro atoms. The molecular weight excluding hydrogens is 264 g/mol. The average Bonchev–Trinajstić information content (AvgIpc) is 2.91. The molecule has 5 nitrogen and oxygen atoms in total. The number of nitrogens with one attached hydrogen (secondary N) is 1. The summed E-state index contributed by atoms with van der Waals surface area (Å²) >= 11 is 0. The molecule has 2 rings (SSSR count). The van der Waals surface area contributed by atoms with Crippen molar-refractivity contribution < 1.29 is 4.74 Å². The number of aryl methyl sites for hydroxylation is 2. The SMILES string of the molecule is CCCNCc1cn(CCOc2ccc(C)c(C)c2)nn1. The van der Waals surface area contributed by atoms with Crippen LogP contribution >= 0.6 is 0 Å². The van der Waals surface area contributed by atoms with Crippen LogP contribution in [0, 0.1) is 13.8 Å². The first-order valence-corrected chi connectivity index (χ1v) is 7.49. The van der Waals surface area contributed by atoms with Gasteiger partial charge in [0.2, 0.25) is 0 Å². The van der Waals surface area contributed by atoms with Gasteiger partial charge in [0.25, 0.3) is 0 Å². The quantitative estimate of drug-likeness (QED) is 0.758. The van der Waals surface area contributed by atoms with E-state index in [1.54, 1.807) is 0 Å².